The van der Waals surface area contributed by atoms with Gasteiger partial charge in [0.05, 0.1) is 19.1 Å². The van der Waals surface area contributed by atoms with Crippen molar-refractivity contribution in [2.45, 2.75) is 6.42 Å². The second-order valence-corrected chi connectivity index (χ2v) is 3.05. The summed E-state index contributed by atoms with van der Waals surface area (Å²) in [5.41, 5.74) is -0.00471. The molecule has 1 aromatic rings. The van der Waals surface area contributed by atoms with Crippen LogP contribution in [0.1, 0.15) is 5.56 Å². The minimum Gasteiger partial charge on any atom is -0.488 e. The Morgan fingerprint density at radius 3 is 2.69 bits per heavy atom. The lowest BCUT2D eigenvalue weighted by Gasteiger charge is -2.08. The van der Waals surface area contributed by atoms with Gasteiger partial charge in [-0.3, -0.25) is 0 Å². The molecule has 0 heterocycles. The van der Waals surface area contributed by atoms with Crippen molar-refractivity contribution >= 4 is 0 Å². The molecule has 86 valence electrons. The summed E-state index contributed by atoms with van der Waals surface area (Å²) in [4.78, 5) is 0. The Bertz CT molecular complexity index is 402. The van der Waals surface area contributed by atoms with Gasteiger partial charge in [-0.1, -0.05) is 0 Å². The van der Waals surface area contributed by atoms with Crippen LogP contribution < -0.4 is 4.74 Å². The van der Waals surface area contributed by atoms with E-state index in [4.69, 9.17) is 14.7 Å². The van der Waals surface area contributed by atoms with Gasteiger partial charge in [0, 0.05) is 18.7 Å². The van der Waals surface area contributed by atoms with E-state index in [1.165, 1.54) is 7.11 Å². The highest BCUT2D eigenvalue weighted by Gasteiger charge is 2.11. The highest BCUT2D eigenvalue weighted by atomic mass is 19.1. The van der Waals surface area contributed by atoms with Crippen LogP contribution in [0.25, 0.3) is 0 Å². The van der Waals surface area contributed by atoms with Crippen LogP contribution in [0.2, 0.25) is 0 Å². The SMILES string of the molecule is COCCOc1cc(F)cc(CC#N)c1F. The third-order valence-electron chi connectivity index (χ3n) is 1.89. The summed E-state index contributed by atoms with van der Waals surface area (Å²) in [6, 6.07) is 3.70. The largest absolute Gasteiger partial charge is 0.488 e. The Hall–Kier alpha value is -1.67. The molecule has 16 heavy (non-hydrogen) atoms. The first-order chi connectivity index (χ1) is 7.69. The van der Waals surface area contributed by atoms with E-state index >= 15 is 0 Å². The van der Waals surface area contributed by atoms with Gasteiger partial charge < -0.3 is 9.47 Å². The molecule has 0 aromatic heterocycles. The van der Waals surface area contributed by atoms with Gasteiger partial charge in [0.25, 0.3) is 0 Å². The summed E-state index contributed by atoms with van der Waals surface area (Å²) in [7, 11) is 1.48. The Kier molecular flexibility index (Phi) is 4.67. The van der Waals surface area contributed by atoms with E-state index in [-0.39, 0.29) is 30.9 Å². The van der Waals surface area contributed by atoms with Gasteiger partial charge in [-0.05, 0) is 6.07 Å². The summed E-state index contributed by atoms with van der Waals surface area (Å²) in [5, 5.41) is 8.44. The molecular formula is C11H11F2NO2. The molecule has 0 aliphatic heterocycles. The smallest absolute Gasteiger partial charge is 0.169 e. The van der Waals surface area contributed by atoms with Crippen molar-refractivity contribution in [1.82, 2.24) is 0 Å². The lowest BCUT2D eigenvalue weighted by Crippen LogP contribution is -2.07. The first-order valence-corrected chi connectivity index (χ1v) is 4.65. The van der Waals surface area contributed by atoms with Gasteiger partial charge in [0.1, 0.15) is 12.4 Å². The van der Waals surface area contributed by atoms with E-state index in [2.05, 4.69) is 0 Å². The summed E-state index contributed by atoms with van der Waals surface area (Å²) in [6.07, 6.45) is -0.190. The number of halogens is 2. The van der Waals surface area contributed by atoms with Crippen molar-refractivity contribution in [2.24, 2.45) is 0 Å². The summed E-state index contributed by atoms with van der Waals surface area (Å²) in [5.74, 6) is -1.51. The molecule has 5 heteroatoms. The Morgan fingerprint density at radius 2 is 2.06 bits per heavy atom. The quantitative estimate of drug-likeness (QED) is 0.723. The standard InChI is InChI=1S/C11H11F2NO2/c1-15-4-5-16-10-7-9(12)6-8(2-3-14)11(10)13/h6-7H,2,4-5H2,1H3. The maximum atomic E-state index is 13.6. The maximum Gasteiger partial charge on any atom is 0.169 e. The van der Waals surface area contributed by atoms with E-state index in [9.17, 15) is 8.78 Å². The van der Waals surface area contributed by atoms with Gasteiger partial charge in [-0.25, -0.2) is 8.78 Å². The zero-order chi connectivity index (χ0) is 12.0. The fourth-order valence-corrected chi connectivity index (χ4v) is 1.17. The Morgan fingerprint density at radius 1 is 1.31 bits per heavy atom. The van der Waals surface area contributed by atoms with Crippen LogP contribution in [0.5, 0.6) is 5.75 Å². The van der Waals surface area contributed by atoms with Crippen LogP contribution in [0.3, 0.4) is 0 Å². The molecule has 0 unspecified atom stereocenters. The molecule has 0 spiro atoms. The molecule has 0 radical (unpaired) electrons. The number of nitriles is 1. The molecule has 0 fully saturated rings. The van der Waals surface area contributed by atoms with Gasteiger partial charge in [-0.2, -0.15) is 5.26 Å². The van der Waals surface area contributed by atoms with Crippen molar-refractivity contribution in [1.29, 1.82) is 5.26 Å². The van der Waals surface area contributed by atoms with Crippen LogP contribution in [0, 0.1) is 23.0 Å². The van der Waals surface area contributed by atoms with Crippen molar-refractivity contribution < 1.29 is 18.3 Å². The zero-order valence-corrected chi connectivity index (χ0v) is 8.80. The van der Waals surface area contributed by atoms with E-state index < -0.39 is 11.6 Å². The van der Waals surface area contributed by atoms with Crippen molar-refractivity contribution in [3.05, 3.63) is 29.3 Å². The lowest BCUT2D eigenvalue weighted by molar-refractivity contribution is 0.143. The fraction of sp³-hybridized carbons (Fsp3) is 0.364. The number of ether oxygens (including phenoxy) is 2. The van der Waals surface area contributed by atoms with Gasteiger partial charge in [-0.15, -0.1) is 0 Å². The number of hydrogen-bond donors (Lipinski definition) is 0. The first kappa shape index (κ1) is 12.4. The molecule has 0 aliphatic rings. The van der Waals surface area contributed by atoms with Crippen molar-refractivity contribution in [3.63, 3.8) is 0 Å². The van der Waals surface area contributed by atoms with Gasteiger partial charge in [0.2, 0.25) is 0 Å². The summed E-state index contributed by atoms with van der Waals surface area (Å²) < 4.78 is 36.3. The van der Waals surface area contributed by atoms with E-state index in [0.717, 1.165) is 12.1 Å². The Balaban J connectivity index is 2.87. The predicted octanol–water partition coefficient (Wildman–Crippen LogP) is 2.06. The molecule has 0 amide bonds. The third kappa shape index (κ3) is 3.17. The monoisotopic (exact) mass is 227 g/mol. The molecule has 0 bridgehead atoms. The normalized spacial score (nSPS) is 9.88. The minimum atomic E-state index is -0.695. The zero-order valence-electron chi connectivity index (χ0n) is 8.80. The third-order valence-corrected chi connectivity index (χ3v) is 1.89. The molecular weight excluding hydrogens is 216 g/mol. The van der Waals surface area contributed by atoms with Crippen LogP contribution in [-0.2, 0) is 11.2 Å². The number of benzene rings is 1. The average molecular weight is 227 g/mol. The van der Waals surface area contributed by atoms with Gasteiger partial charge >= 0.3 is 0 Å². The molecule has 1 rings (SSSR count). The number of methoxy groups -OCH3 is 1. The summed E-state index contributed by atoms with van der Waals surface area (Å²) >= 11 is 0. The topological polar surface area (TPSA) is 42.2 Å². The van der Waals surface area contributed by atoms with Crippen LogP contribution in [0.4, 0.5) is 8.78 Å². The molecule has 0 aliphatic carbocycles. The Labute approximate surface area is 92.2 Å². The molecule has 0 atom stereocenters. The molecule has 1 aromatic carbocycles. The molecule has 0 N–H and O–H groups in total. The number of nitrogens with zero attached hydrogens (tertiary/aromatic N) is 1. The predicted molar refractivity (Wildman–Crippen MR) is 53.0 cm³/mol. The maximum absolute atomic E-state index is 13.6. The van der Waals surface area contributed by atoms with Gasteiger partial charge in [0.15, 0.2) is 11.6 Å². The first-order valence-electron chi connectivity index (χ1n) is 4.65. The average Bonchev–Trinajstić information content (AvgIpc) is 2.25. The minimum absolute atomic E-state index is 0.00471. The lowest BCUT2D eigenvalue weighted by atomic mass is 10.1. The van der Waals surface area contributed by atoms with E-state index in [1.54, 1.807) is 6.07 Å². The number of hydrogen-bond acceptors (Lipinski definition) is 3. The van der Waals surface area contributed by atoms with Crippen molar-refractivity contribution in [3.8, 4) is 11.8 Å². The van der Waals surface area contributed by atoms with E-state index in [0.29, 0.717) is 0 Å². The van der Waals surface area contributed by atoms with E-state index in [1.807, 2.05) is 0 Å². The second kappa shape index (κ2) is 6.03. The van der Waals surface area contributed by atoms with Crippen LogP contribution >= 0.6 is 0 Å². The fourth-order valence-electron chi connectivity index (χ4n) is 1.17. The number of rotatable bonds is 5. The van der Waals surface area contributed by atoms with Crippen LogP contribution in [0.15, 0.2) is 12.1 Å². The second-order valence-electron chi connectivity index (χ2n) is 3.05. The molecule has 0 saturated heterocycles. The summed E-state index contributed by atoms with van der Waals surface area (Å²) in [6.45, 7) is 0.409. The van der Waals surface area contributed by atoms with Crippen molar-refractivity contribution in [2.75, 3.05) is 20.3 Å². The highest BCUT2D eigenvalue weighted by molar-refractivity contribution is 5.33. The molecule has 3 nitrogen and oxygen atoms in total. The highest BCUT2D eigenvalue weighted by Crippen LogP contribution is 2.22. The molecule has 0 saturated carbocycles. The van der Waals surface area contributed by atoms with Crippen LogP contribution in [-0.4, -0.2) is 20.3 Å².